The summed E-state index contributed by atoms with van der Waals surface area (Å²) in [5.74, 6) is 4.90. The normalized spacial score (nSPS) is 29.2. The molecule has 0 radical (unpaired) electrons. The van der Waals surface area contributed by atoms with E-state index in [9.17, 15) is 0 Å². The van der Waals surface area contributed by atoms with Crippen LogP contribution >= 0.6 is 0 Å². The molecule has 292 valence electrons. The Morgan fingerprint density at radius 3 is 1.67 bits per heavy atom. The van der Waals surface area contributed by atoms with Crippen LogP contribution in [0.5, 0.6) is 0 Å². The van der Waals surface area contributed by atoms with Crippen molar-refractivity contribution in [1.29, 1.82) is 0 Å². The average Bonchev–Trinajstić information content (AvgIpc) is 4.06. The molecule has 8 aliphatic rings. The Bertz CT molecular complexity index is 2840. The minimum Gasteiger partial charge on any atom is -0.310 e. The fraction of sp³-hybridized carbons (Fsp3) is 0.288. The van der Waals surface area contributed by atoms with E-state index in [1.54, 1.807) is 22.3 Å². The monoisotopic (exact) mass is 773 g/mol. The molecule has 0 saturated heterocycles. The lowest BCUT2D eigenvalue weighted by Gasteiger charge is -2.61. The SMILES string of the molecule is c1ccc(-c2ccc(-c3ccccc3N(c3ccc4c(c3)-c3ccccc3C43CC4CCC3C4)c3ccc4c(c3)C3(c5ccccc5-4)C4CC5CC(C4)CC3C5)cc2)cc1. The van der Waals surface area contributed by atoms with Crippen molar-refractivity contribution in [1.82, 2.24) is 0 Å². The fourth-order valence-corrected chi connectivity index (χ4v) is 15.6. The van der Waals surface area contributed by atoms with Crippen molar-refractivity contribution < 1.29 is 0 Å². The molecule has 0 heterocycles. The predicted molar refractivity (Wildman–Crippen MR) is 247 cm³/mol. The van der Waals surface area contributed by atoms with Crippen molar-refractivity contribution in [3.05, 3.63) is 186 Å². The van der Waals surface area contributed by atoms with Gasteiger partial charge in [0.05, 0.1) is 5.69 Å². The molecule has 0 aromatic heterocycles. The molecule has 6 fully saturated rings. The highest BCUT2D eigenvalue weighted by molar-refractivity contribution is 5.93. The van der Waals surface area contributed by atoms with Crippen LogP contribution in [0.2, 0.25) is 0 Å². The first-order valence-electron chi connectivity index (χ1n) is 23.2. The average molecular weight is 774 g/mol. The second-order valence-corrected chi connectivity index (χ2v) is 20.1. The standard InChI is InChI=1S/C59H51N/c1-2-10-40(11-3-1)41-19-21-42(22-20-41)48-12-6-9-17-57(48)60(46-25-27-54-52(34-46)50-14-4-7-15-53(50)58(54)36-37-18-23-43(58)29-37)47-24-26-51-49-13-5-8-16-55(49)59(56(51)35-47)44-30-38-28-39(32-44)33-45(59)31-38/h1-17,19-22,24-27,34-35,37-39,43-45H,18,23,28-33,36H2. The van der Waals surface area contributed by atoms with Crippen LogP contribution in [0.4, 0.5) is 17.1 Å². The predicted octanol–water partition coefficient (Wildman–Crippen LogP) is 15.3. The maximum atomic E-state index is 2.69. The van der Waals surface area contributed by atoms with E-state index in [1.165, 1.54) is 119 Å². The number of benzene rings is 7. The van der Waals surface area contributed by atoms with Crippen LogP contribution < -0.4 is 4.90 Å². The summed E-state index contributed by atoms with van der Waals surface area (Å²) in [5, 5.41) is 0. The number of hydrogen-bond acceptors (Lipinski definition) is 1. The van der Waals surface area contributed by atoms with Gasteiger partial charge in [0.2, 0.25) is 0 Å². The smallest absolute Gasteiger partial charge is 0.0540 e. The van der Waals surface area contributed by atoms with Gasteiger partial charge in [-0.15, -0.1) is 0 Å². The van der Waals surface area contributed by atoms with Crippen LogP contribution in [-0.2, 0) is 10.8 Å². The number of anilines is 3. The van der Waals surface area contributed by atoms with Gasteiger partial charge in [-0.05, 0) is 178 Å². The van der Waals surface area contributed by atoms with Crippen LogP contribution in [-0.4, -0.2) is 0 Å². The summed E-state index contributed by atoms with van der Waals surface area (Å²) in [4.78, 5) is 2.64. The van der Waals surface area contributed by atoms with Crippen molar-refractivity contribution in [2.75, 3.05) is 4.90 Å². The Hall–Kier alpha value is -5.66. The molecule has 0 aliphatic heterocycles. The minimum atomic E-state index is 0.110. The third kappa shape index (κ3) is 4.49. The number of hydrogen-bond donors (Lipinski definition) is 0. The molecule has 3 unspecified atom stereocenters. The second kappa shape index (κ2) is 12.4. The second-order valence-electron chi connectivity index (χ2n) is 20.1. The number of nitrogens with zero attached hydrogens (tertiary/aromatic N) is 1. The van der Waals surface area contributed by atoms with E-state index >= 15 is 0 Å². The Morgan fingerprint density at radius 1 is 0.367 bits per heavy atom. The zero-order valence-electron chi connectivity index (χ0n) is 34.4. The highest BCUT2D eigenvalue weighted by Crippen LogP contribution is 2.70. The molecule has 3 atom stereocenters. The third-order valence-electron chi connectivity index (χ3n) is 17.5. The molecule has 6 saturated carbocycles. The van der Waals surface area contributed by atoms with Crippen molar-refractivity contribution in [2.24, 2.45) is 35.5 Å². The topological polar surface area (TPSA) is 3.24 Å². The molecule has 6 bridgehead atoms. The van der Waals surface area contributed by atoms with Gasteiger partial charge in [-0.25, -0.2) is 0 Å². The van der Waals surface area contributed by atoms with Gasteiger partial charge in [-0.1, -0.05) is 140 Å². The molecular weight excluding hydrogens is 723 g/mol. The minimum absolute atomic E-state index is 0.110. The lowest BCUT2D eigenvalue weighted by atomic mass is 9.43. The van der Waals surface area contributed by atoms with E-state index in [0.717, 1.165) is 35.5 Å². The first kappa shape index (κ1) is 34.1. The number of fused-ring (bicyclic) bond motifs is 11. The quantitative estimate of drug-likeness (QED) is 0.168. The van der Waals surface area contributed by atoms with Crippen molar-refractivity contribution in [3.63, 3.8) is 0 Å². The molecule has 7 aromatic rings. The molecule has 1 nitrogen and oxygen atoms in total. The van der Waals surface area contributed by atoms with E-state index in [-0.39, 0.29) is 10.8 Å². The molecule has 0 N–H and O–H groups in total. The van der Waals surface area contributed by atoms with E-state index in [2.05, 4.69) is 169 Å². The van der Waals surface area contributed by atoms with Gasteiger partial charge in [0.25, 0.3) is 0 Å². The fourth-order valence-electron chi connectivity index (χ4n) is 15.6. The molecular formula is C59H51N. The van der Waals surface area contributed by atoms with Gasteiger partial charge >= 0.3 is 0 Å². The van der Waals surface area contributed by atoms with E-state index in [1.807, 2.05) is 0 Å². The van der Waals surface area contributed by atoms with E-state index in [0.29, 0.717) is 0 Å². The first-order valence-corrected chi connectivity index (χ1v) is 23.2. The molecule has 8 aliphatic carbocycles. The number of para-hydroxylation sites is 1. The molecule has 15 rings (SSSR count). The Kier molecular flexibility index (Phi) is 7.07. The summed E-state index contributed by atoms with van der Waals surface area (Å²) < 4.78 is 0. The zero-order valence-corrected chi connectivity index (χ0v) is 34.4. The summed E-state index contributed by atoms with van der Waals surface area (Å²) in [6, 6.07) is 63.6. The molecule has 2 spiro atoms. The van der Waals surface area contributed by atoms with Gasteiger partial charge in [-0.3, -0.25) is 0 Å². The van der Waals surface area contributed by atoms with Crippen LogP contribution in [0.15, 0.2) is 164 Å². The zero-order chi connectivity index (χ0) is 39.2. The maximum absolute atomic E-state index is 2.69. The molecule has 7 aromatic carbocycles. The van der Waals surface area contributed by atoms with Crippen LogP contribution in [0, 0.1) is 35.5 Å². The van der Waals surface area contributed by atoms with Crippen LogP contribution in [0.1, 0.15) is 80.0 Å². The maximum Gasteiger partial charge on any atom is 0.0540 e. The van der Waals surface area contributed by atoms with Crippen molar-refractivity contribution in [3.8, 4) is 44.5 Å². The van der Waals surface area contributed by atoms with E-state index < -0.39 is 0 Å². The van der Waals surface area contributed by atoms with Gasteiger partial charge < -0.3 is 4.90 Å². The van der Waals surface area contributed by atoms with Crippen molar-refractivity contribution in [2.45, 2.75) is 68.6 Å². The van der Waals surface area contributed by atoms with Crippen LogP contribution in [0.25, 0.3) is 44.5 Å². The summed E-state index contributed by atoms with van der Waals surface area (Å²) >= 11 is 0. The molecule has 0 amide bonds. The van der Waals surface area contributed by atoms with Gasteiger partial charge in [0.1, 0.15) is 0 Å². The van der Waals surface area contributed by atoms with Crippen molar-refractivity contribution >= 4 is 17.1 Å². The molecule has 60 heavy (non-hydrogen) atoms. The van der Waals surface area contributed by atoms with Gasteiger partial charge in [-0.2, -0.15) is 0 Å². The summed E-state index contributed by atoms with van der Waals surface area (Å²) in [6.07, 6.45) is 12.5. The van der Waals surface area contributed by atoms with Crippen LogP contribution in [0.3, 0.4) is 0 Å². The molecule has 1 heteroatoms. The Morgan fingerprint density at radius 2 is 0.933 bits per heavy atom. The highest BCUT2D eigenvalue weighted by atomic mass is 15.1. The van der Waals surface area contributed by atoms with Gasteiger partial charge in [0, 0.05) is 27.8 Å². The van der Waals surface area contributed by atoms with Gasteiger partial charge in [0.15, 0.2) is 0 Å². The Labute approximate surface area is 355 Å². The summed E-state index contributed by atoms with van der Waals surface area (Å²) in [6.45, 7) is 0. The summed E-state index contributed by atoms with van der Waals surface area (Å²) in [5.41, 5.74) is 21.4. The lowest BCUT2D eigenvalue weighted by Crippen LogP contribution is -2.55. The third-order valence-corrected chi connectivity index (χ3v) is 17.5. The van der Waals surface area contributed by atoms with E-state index in [4.69, 9.17) is 0 Å². The number of rotatable bonds is 5. The summed E-state index contributed by atoms with van der Waals surface area (Å²) in [7, 11) is 0. The highest BCUT2D eigenvalue weighted by Gasteiger charge is 2.62. The lowest BCUT2D eigenvalue weighted by molar-refractivity contribution is -0.0399. The first-order chi connectivity index (χ1) is 29.7. The Balaban J connectivity index is 0.977. The largest absolute Gasteiger partial charge is 0.310 e.